The largest absolute Gasteiger partial charge is 0.573 e. The number of carbonyl (C=O) groups excluding carboxylic acids is 1. The molecular formula is C24H26F3N5O3. The normalized spacial score (nSPS) is 19.1. The highest BCUT2D eigenvalue weighted by Gasteiger charge is 2.34. The number of likely N-dealkylation sites (tertiary alicyclic amines) is 1. The highest BCUT2D eigenvalue weighted by molar-refractivity contribution is 5.94. The fourth-order valence-corrected chi connectivity index (χ4v) is 4.85. The van der Waals surface area contributed by atoms with E-state index in [1.54, 1.807) is 11.1 Å². The van der Waals surface area contributed by atoms with Crippen LogP contribution in [-0.2, 0) is 10.3 Å². The predicted molar refractivity (Wildman–Crippen MR) is 121 cm³/mol. The van der Waals surface area contributed by atoms with Gasteiger partial charge in [-0.3, -0.25) is 4.79 Å². The minimum Gasteiger partial charge on any atom is -0.406 e. The van der Waals surface area contributed by atoms with Crippen molar-refractivity contribution in [1.82, 2.24) is 19.9 Å². The third-order valence-electron chi connectivity index (χ3n) is 6.84. The van der Waals surface area contributed by atoms with Crippen LogP contribution in [0.5, 0.6) is 5.75 Å². The third kappa shape index (κ3) is 4.96. The number of piperidine rings is 1. The molecule has 0 spiro atoms. The first-order valence-corrected chi connectivity index (χ1v) is 11.6. The van der Waals surface area contributed by atoms with Gasteiger partial charge in [0.15, 0.2) is 5.65 Å². The lowest BCUT2D eigenvalue weighted by atomic mass is 9.89. The molecule has 1 aromatic carbocycles. The Morgan fingerprint density at radius 3 is 2.49 bits per heavy atom. The fraction of sp³-hybridized carbons (Fsp3) is 0.458. The van der Waals surface area contributed by atoms with Crippen molar-refractivity contribution >= 4 is 17.1 Å². The van der Waals surface area contributed by atoms with E-state index in [2.05, 4.69) is 19.7 Å². The summed E-state index contributed by atoms with van der Waals surface area (Å²) in [5, 5.41) is 0. The molecular weight excluding hydrogens is 463 g/mol. The number of hydrogen-bond acceptors (Lipinski definition) is 6. The molecule has 0 bridgehead atoms. The molecule has 2 fully saturated rings. The molecule has 35 heavy (non-hydrogen) atoms. The number of pyridine rings is 1. The first-order valence-electron chi connectivity index (χ1n) is 11.6. The maximum atomic E-state index is 12.9. The monoisotopic (exact) mass is 489 g/mol. The number of nitrogens with zero attached hydrogens (tertiary/aromatic N) is 3. The van der Waals surface area contributed by atoms with Gasteiger partial charge in [0.05, 0.1) is 11.1 Å². The van der Waals surface area contributed by atoms with Gasteiger partial charge in [-0.05, 0) is 67.5 Å². The number of amides is 1. The number of H-pyrrole nitrogens is 1. The van der Waals surface area contributed by atoms with Crippen LogP contribution in [0.3, 0.4) is 0 Å². The van der Waals surface area contributed by atoms with Gasteiger partial charge >= 0.3 is 6.36 Å². The smallest absolute Gasteiger partial charge is 0.406 e. The van der Waals surface area contributed by atoms with E-state index in [0.717, 1.165) is 41.9 Å². The van der Waals surface area contributed by atoms with Crippen LogP contribution < -0.4 is 10.5 Å². The molecule has 2 aromatic heterocycles. The molecule has 3 N–H and O–H groups in total. The number of ether oxygens (including phenoxy) is 2. The molecule has 186 valence electrons. The van der Waals surface area contributed by atoms with Crippen LogP contribution in [-0.4, -0.2) is 58.4 Å². The zero-order chi connectivity index (χ0) is 24.6. The summed E-state index contributed by atoms with van der Waals surface area (Å²) in [4.78, 5) is 27.1. The van der Waals surface area contributed by atoms with Crippen LogP contribution in [0.15, 0.2) is 36.5 Å². The summed E-state index contributed by atoms with van der Waals surface area (Å²) in [6.45, 7) is 2.26. The van der Waals surface area contributed by atoms with Gasteiger partial charge in [0.1, 0.15) is 11.6 Å². The zero-order valence-electron chi connectivity index (χ0n) is 19.0. The van der Waals surface area contributed by atoms with Crippen LogP contribution >= 0.6 is 0 Å². The highest BCUT2D eigenvalue weighted by atomic mass is 19.4. The van der Waals surface area contributed by atoms with Crippen LogP contribution in [0.2, 0.25) is 0 Å². The molecule has 0 saturated carbocycles. The topological polar surface area (TPSA) is 106 Å². The van der Waals surface area contributed by atoms with Gasteiger partial charge in [-0.15, -0.1) is 13.2 Å². The molecule has 0 radical (unpaired) electrons. The molecule has 8 nitrogen and oxygen atoms in total. The second kappa shape index (κ2) is 9.12. The van der Waals surface area contributed by atoms with E-state index in [1.165, 1.54) is 12.1 Å². The number of rotatable bonds is 4. The maximum Gasteiger partial charge on any atom is 0.573 e. The molecule has 4 heterocycles. The minimum absolute atomic E-state index is 0.212. The maximum absolute atomic E-state index is 12.9. The van der Waals surface area contributed by atoms with Crippen molar-refractivity contribution < 1.29 is 27.4 Å². The quantitative estimate of drug-likeness (QED) is 0.577. The summed E-state index contributed by atoms with van der Waals surface area (Å²) in [7, 11) is 0. The highest BCUT2D eigenvalue weighted by Crippen LogP contribution is 2.35. The first-order chi connectivity index (χ1) is 16.7. The minimum atomic E-state index is -4.77. The second-order valence-corrected chi connectivity index (χ2v) is 9.09. The molecule has 3 aromatic rings. The molecule has 0 atom stereocenters. The van der Waals surface area contributed by atoms with Gasteiger partial charge in [-0.1, -0.05) is 0 Å². The number of nitrogens with two attached hydrogens (primary N) is 1. The van der Waals surface area contributed by atoms with Gasteiger partial charge in [0.25, 0.3) is 5.91 Å². The van der Waals surface area contributed by atoms with Crippen molar-refractivity contribution in [3.8, 4) is 5.75 Å². The van der Waals surface area contributed by atoms with Crippen LogP contribution in [0, 0.1) is 0 Å². The molecule has 2 aliphatic rings. The number of imidazole rings is 1. The van der Waals surface area contributed by atoms with Crippen molar-refractivity contribution in [3.05, 3.63) is 53.5 Å². The van der Waals surface area contributed by atoms with Gasteiger partial charge < -0.3 is 25.1 Å². The molecule has 1 amide bonds. The standard InChI is InChI=1S/C24H26F3N5O3/c25-24(26,27)35-17-3-1-16(2-4-17)21(33)32-11-6-15(7-12-32)18-5-10-29-20-19(18)30-22(31-20)23(28)8-13-34-14-9-23/h1-5,10,15H,6-9,11-14,28H2,(H,29,30,31). The lowest BCUT2D eigenvalue weighted by Gasteiger charge is -2.32. The number of benzene rings is 1. The van der Waals surface area contributed by atoms with Crippen molar-refractivity contribution in [2.24, 2.45) is 5.73 Å². The van der Waals surface area contributed by atoms with Crippen LogP contribution in [0.25, 0.3) is 11.2 Å². The SMILES string of the molecule is NC1(c2nc3nccc(C4CCN(C(=O)c5ccc(OC(F)(F)F)cc5)CC4)c3[nH]2)CCOCC1. The molecule has 5 rings (SSSR count). The molecule has 0 aliphatic carbocycles. The summed E-state index contributed by atoms with van der Waals surface area (Å²) in [5.41, 5.74) is 8.99. The molecule has 2 aliphatic heterocycles. The third-order valence-corrected chi connectivity index (χ3v) is 6.84. The summed E-state index contributed by atoms with van der Waals surface area (Å²) < 4.78 is 46.4. The Kier molecular flexibility index (Phi) is 6.14. The Balaban J connectivity index is 1.27. The van der Waals surface area contributed by atoms with E-state index in [4.69, 9.17) is 10.5 Å². The van der Waals surface area contributed by atoms with E-state index in [9.17, 15) is 18.0 Å². The van der Waals surface area contributed by atoms with E-state index in [0.29, 0.717) is 50.4 Å². The summed E-state index contributed by atoms with van der Waals surface area (Å²) in [5.74, 6) is 0.369. The molecule has 0 unspecified atom stereocenters. The average Bonchev–Trinajstić information content (AvgIpc) is 3.29. The van der Waals surface area contributed by atoms with E-state index >= 15 is 0 Å². The van der Waals surface area contributed by atoms with E-state index < -0.39 is 11.9 Å². The van der Waals surface area contributed by atoms with Gasteiger partial charge in [0.2, 0.25) is 0 Å². The van der Waals surface area contributed by atoms with Gasteiger partial charge in [-0.25, -0.2) is 9.97 Å². The summed E-state index contributed by atoms with van der Waals surface area (Å²) in [6.07, 6.45) is -0.154. The Morgan fingerprint density at radius 2 is 1.83 bits per heavy atom. The number of carbonyl (C=O) groups is 1. The number of alkyl halides is 3. The second-order valence-electron chi connectivity index (χ2n) is 9.09. The molecule has 2 saturated heterocycles. The van der Waals surface area contributed by atoms with E-state index in [1.807, 2.05) is 6.07 Å². The van der Waals surface area contributed by atoms with E-state index in [-0.39, 0.29) is 17.6 Å². The molecule has 11 heteroatoms. The van der Waals surface area contributed by atoms with Gasteiger partial charge in [0, 0.05) is 38.1 Å². The Labute approximate surface area is 199 Å². The lowest BCUT2D eigenvalue weighted by Crippen LogP contribution is -2.43. The van der Waals surface area contributed by atoms with Crippen LogP contribution in [0.4, 0.5) is 13.2 Å². The number of aromatic amines is 1. The van der Waals surface area contributed by atoms with Crippen molar-refractivity contribution in [1.29, 1.82) is 0 Å². The fourth-order valence-electron chi connectivity index (χ4n) is 4.85. The van der Waals surface area contributed by atoms with Crippen molar-refractivity contribution in [3.63, 3.8) is 0 Å². The van der Waals surface area contributed by atoms with Crippen molar-refractivity contribution in [2.45, 2.75) is 43.5 Å². The van der Waals surface area contributed by atoms with Crippen LogP contribution in [0.1, 0.15) is 53.3 Å². The summed E-state index contributed by atoms with van der Waals surface area (Å²) >= 11 is 0. The lowest BCUT2D eigenvalue weighted by molar-refractivity contribution is -0.274. The zero-order valence-corrected chi connectivity index (χ0v) is 19.0. The first kappa shape index (κ1) is 23.6. The van der Waals surface area contributed by atoms with Crippen molar-refractivity contribution in [2.75, 3.05) is 26.3 Å². The predicted octanol–water partition coefficient (Wildman–Crippen LogP) is 3.84. The average molecular weight is 489 g/mol. The number of hydrogen-bond donors (Lipinski definition) is 2. The Bertz CT molecular complexity index is 1200. The Hall–Kier alpha value is -3.18. The Morgan fingerprint density at radius 1 is 1.14 bits per heavy atom. The number of fused-ring (bicyclic) bond motifs is 1. The number of halogens is 3. The summed E-state index contributed by atoms with van der Waals surface area (Å²) in [6, 6.07) is 7.00. The number of nitrogens with one attached hydrogen (secondary N) is 1. The van der Waals surface area contributed by atoms with Gasteiger partial charge in [-0.2, -0.15) is 0 Å². The number of aromatic nitrogens is 3.